The minimum atomic E-state index is 1.18. The van der Waals surface area contributed by atoms with Crippen LogP contribution in [0.15, 0.2) is 24.0 Å². The summed E-state index contributed by atoms with van der Waals surface area (Å²) in [5.41, 5.74) is 0. The van der Waals surface area contributed by atoms with Gasteiger partial charge in [0.25, 0.3) is 0 Å². The van der Waals surface area contributed by atoms with Gasteiger partial charge in [-0.05, 0) is 18.9 Å². The van der Waals surface area contributed by atoms with Gasteiger partial charge in [-0.25, -0.2) is 0 Å². The molecule has 0 unspecified atom stereocenters. The zero-order valence-corrected chi connectivity index (χ0v) is 10.4. The molecule has 1 rings (SSSR count). The third-order valence-corrected chi connectivity index (χ3v) is 2.87. The van der Waals surface area contributed by atoms with Crippen molar-refractivity contribution in [2.24, 2.45) is 0 Å². The maximum absolute atomic E-state index is 2.33. The molecule has 0 aromatic heterocycles. The molecule has 0 aromatic carbocycles. The molecule has 2 heteroatoms. The third kappa shape index (κ3) is 3.98. The first kappa shape index (κ1) is 12.2. The van der Waals surface area contributed by atoms with Gasteiger partial charge in [-0.1, -0.05) is 31.9 Å². The number of rotatable bonds is 4. The zero-order valence-electron chi connectivity index (χ0n) is 10.4. The molecule has 0 amide bonds. The highest BCUT2D eigenvalue weighted by Gasteiger charge is 2.13. The SMILES string of the molecule is CCCC/C=C\C=C1N(C)CCCN1C. The molecule has 0 atom stereocenters. The molecular formula is C13H24N2. The van der Waals surface area contributed by atoms with E-state index in [-0.39, 0.29) is 0 Å². The number of nitrogens with zero attached hydrogens (tertiary/aromatic N) is 2. The van der Waals surface area contributed by atoms with Crippen molar-refractivity contribution in [2.75, 3.05) is 27.2 Å². The van der Waals surface area contributed by atoms with Crippen LogP contribution in [0.25, 0.3) is 0 Å². The van der Waals surface area contributed by atoms with Crippen molar-refractivity contribution in [3.05, 3.63) is 24.0 Å². The van der Waals surface area contributed by atoms with Gasteiger partial charge in [0.15, 0.2) is 0 Å². The summed E-state index contributed by atoms with van der Waals surface area (Å²) in [6.07, 6.45) is 11.7. The van der Waals surface area contributed by atoms with Gasteiger partial charge in [0.2, 0.25) is 0 Å². The van der Waals surface area contributed by atoms with Gasteiger partial charge in [-0.3, -0.25) is 0 Å². The van der Waals surface area contributed by atoms with Gasteiger partial charge >= 0.3 is 0 Å². The summed E-state index contributed by atoms with van der Waals surface area (Å²) in [5.74, 6) is 1.34. The van der Waals surface area contributed by atoms with E-state index in [4.69, 9.17) is 0 Å². The van der Waals surface area contributed by atoms with E-state index < -0.39 is 0 Å². The van der Waals surface area contributed by atoms with Crippen molar-refractivity contribution >= 4 is 0 Å². The van der Waals surface area contributed by atoms with E-state index in [1.165, 1.54) is 44.6 Å². The van der Waals surface area contributed by atoms with Crippen LogP contribution in [0, 0.1) is 0 Å². The van der Waals surface area contributed by atoms with Gasteiger partial charge in [0, 0.05) is 27.2 Å². The summed E-state index contributed by atoms with van der Waals surface area (Å²) in [6.45, 7) is 4.59. The Morgan fingerprint density at radius 2 is 1.87 bits per heavy atom. The van der Waals surface area contributed by atoms with Gasteiger partial charge in [0.05, 0.1) is 0 Å². The van der Waals surface area contributed by atoms with Crippen LogP contribution in [0.4, 0.5) is 0 Å². The molecular weight excluding hydrogens is 184 g/mol. The van der Waals surface area contributed by atoms with E-state index >= 15 is 0 Å². The van der Waals surface area contributed by atoms with Gasteiger partial charge in [0.1, 0.15) is 5.82 Å². The second-order valence-corrected chi connectivity index (χ2v) is 4.29. The first-order valence-corrected chi connectivity index (χ1v) is 6.04. The van der Waals surface area contributed by atoms with E-state index in [0.29, 0.717) is 0 Å². The highest BCUT2D eigenvalue weighted by molar-refractivity contribution is 5.11. The van der Waals surface area contributed by atoms with Crippen molar-refractivity contribution in [3.8, 4) is 0 Å². The van der Waals surface area contributed by atoms with Crippen molar-refractivity contribution in [3.63, 3.8) is 0 Å². The lowest BCUT2D eigenvalue weighted by Crippen LogP contribution is -2.38. The fraction of sp³-hybridized carbons (Fsp3) is 0.692. The Hall–Kier alpha value is -0.920. The lowest BCUT2D eigenvalue weighted by molar-refractivity contribution is 0.211. The lowest BCUT2D eigenvalue weighted by Gasteiger charge is -2.35. The molecule has 0 N–H and O–H groups in total. The van der Waals surface area contributed by atoms with E-state index in [0.717, 1.165) is 0 Å². The molecule has 0 aliphatic carbocycles. The van der Waals surface area contributed by atoms with Gasteiger partial charge in [-0.2, -0.15) is 0 Å². The van der Waals surface area contributed by atoms with Crippen LogP contribution in [0.2, 0.25) is 0 Å². The second-order valence-electron chi connectivity index (χ2n) is 4.29. The summed E-state index contributed by atoms with van der Waals surface area (Å²) in [5, 5.41) is 0. The second kappa shape index (κ2) is 6.54. The van der Waals surface area contributed by atoms with Crippen LogP contribution in [0.3, 0.4) is 0 Å². The van der Waals surface area contributed by atoms with Crippen molar-refractivity contribution in [2.45, 2.75) is 32.6 Å². The molecule has 1 aliphatic heterocycles. The summed E-state index contributed by atoms with van der Waals surface area (Å²) < 4.78 is 0. The summed E-state index contributed by atoms with van der Waals surface area (Å²) in [7, 11) is 4.34. The number of unbranched alkanes of at least 4 members (excludes halogenated alkanes) is 2. The Balaban J connectivity index is 2.44. The Kier molecular flexibility index (Phi) is 5.30. The Labute approximate surface area is 94.3 Å². The average Bonchev–Trinajstić information content (AvgIpc) is 2.21. The Morgan fingerprint density at radius 3 is 2.47 bits per heavy atom. The maximum atomic E-state index is 2.33. The molecule has 86 valence electrons. The number of allylic oxidation sites excluding steroid dienone is 3. The van der Waals surface area contributed by atoms with E-state index in [1.807, 2.05) is 0 Å². The highest BCUT2D eigenvalue weighted by Crippen LogP contribution is 2.13. The molecule has 0 bridgehead atoms. The molecule has 0 saturated carbocycles. The zero-order chi connectivity index (χ0) is 11.1. The molecule has 15 heavy (non-hydrogen) atoms. The Bertz CT molecular complexity index is 219. The molecule has 0 spiro atoms. The van der Waals surface area contributed by atoms with E-state index in [9.17, 15) is 0 Å². The number of hydrogen-bond donors (Lipinski definition) is 0. The maximum Gasteiger partial charge on any atom is 0.103 e. The standard InChI is InChI=1S/C13H24N2/c1-4-5-6-7-8-10-13-14(2)11-9-12-15(13)3/h7-8,10H,4-6,9,11-12H2,1-3H3/b8-7-. The normalized spacial score (nSPS) is 17.7. The highest BCUT2D eigenvalue weighted by atomic mass is 15.3. The lowest BCUT2D eigenvalue weighted by atomic mass is 10.2. The third-order valence-electron chi connectivity index (χ3n) is 2.87. The molecule has 1 heterocycles. The van der Waals surface area contributed by atoms with Crippen LogP contribution < -0.4 is 0 Å². The minimum absolute atomic E-state index is 1.18. The quantitative estimate of drug-likeness (QED) is 0.655. The predicted molar refractivity (Wildman–Crippen MR) is 66.6 cm³/mol. The van der Waals surface area contributed by atoms with Gasteiger partial charge in [-0.15, -0.1) is 0 Å². The van der Waals surface area contributed by atoms with Crippen molar-refractivity contribution in [1.29, 1.82) is 0 Å². The van der Waals surface area contributed by atoms with E-state index in [1.54, 1.807) is 0 Å². The smallest absolute Gasteiger partial charge is 0.103 e. The average molecular weight is 208 g/mol. The first-order valence-electron chi connectivity index (χ1n) is 6.04. The van der Waals surface area contributed by atoms with E-state index in [2.05, 4.69) is 49.0 Å². The largest absolute Gasteiger partial charge is 0.361 e. The minimum Gasteiger partial charge on any atom is -0.361 e. The Morgan fingerprint density at radius 1 is 1.20 bits per heavy atom. The fourth-order valence-corrected chi connectivity index (χ4v) is 1.89. The van der Waals surface area contributed by atoms with Crippen molar-refractivity contribution in [1.82, 2.24) is 9.80 Å². The molecule has 2 nitrogen and oxygen atoms in total. The van der Waals surface area contributed by atoms with Gasteiger partial charge < -0.3 is 9.80 Å². The molecule has 1 saturated heterocycles. The van der Waals surface area contributed by atoms with Crippen LogP contribution in [-0.4, -0.2) is 37.0 Å². The first-order chi connectivity index (χ1) is 7.25. The van der Waals surface area contributed by atoms with Crippen LogP contribution in [0.1, 0.15) is 32.6 Å². The predicted octanol–water partition coefficient (Wildman–Crippen LogP) is 2.84. The molecule has 1 aliphatic rings. The summed E-state index contributed by atoms with van der Waals surface area (Å²) in [4.78, 5) is 4.65. The molecule has 1 fully saturated rings. The molecule has 0 radical (unpaired) electrons. The summed E-state index contributed by atoms with van der Waals surface area (Å²) in [6, 6.07) is 0. The molecule has 0 aromatic rings. The fourth-order valence-electron chi connectivity index (χ4n) is 1.89. The summed E-state index contributed by atoms with van der Waals surface area (Å²) >= 11 is 0. The van der Waals surface area contributed by atoms with Crippen molar-refractivity contribution < 1.29 is 0 Å². The monoisotopic (exact) mass is 208 g/mol. The van der Waals surface area contributed by atoms with Crippen LogP contribution in [0.5, 0.6) is 0 Å². The van der Waals surface area contributed by atoms with Crippen LogP contribution in [-0.2, 0) is 0 Å². The van der Waals surface area contributed by atoms with Crippen LogP contribution >= 0.6 is 0 Å². The topological polar surface area (TPSA) is 6.48 Å². The number of hydrogen-bond acceptors (Lipinski definition) is 2.